The summed E-state index contributed by atoms with van der Waals surface area (Å²) in [6.45, 7) is 0. The van der Waals surface area contributed by atoms with Gasteiger partial charge in [-0.3, -0.25) is 4.79 Å². The Hall–Kier alpha value is -3.45. The minimum absolute atomic E-state index is 0.202. The third-order valence-corrected chi connectivity index (χ3v) is 6.58. The minimum atomic E-state index is -0.972. The van der Waals surface area contributed by atoms with Gasteiger partial charge in [0.15, 0.2) is 0 Å². The van der Waals surface area contributed by atoms with Crippen LogP contribution >= 0.6 is 15.9 Å². The van der Waals surface area contributed by atoms with Gasteiger partial charge in [0.05, 0.1) is 16.6 Å². The molecule has 1 aromatic heterocycles. The number of amides is 1. The van der Waals surface area contributed by atoms with Crippen molar-refractivity contribution in [1.82, 2.24) is 9.55 Å². The Bertz CT molecular complexity index is 1370. The van der Waals surface area contributed by atoms with Crippen LogP contribution < -0.4 is 5.32 Å². The molecule has 166 valence electrons. The summed E-state index contributed by atoms with van der Waals surface area (Å²) in [6.07, 6.45) is 4.43. The summed E-state index contributed by atoms with van der Waals surface area (Å²) in [5, 5.41) is 12.3. The number of benzene rings is 3. The van der Waals surface area contributed by atoms with Crippen molar-refractivity contribution in [2.24, 2.45) is 0 Å². The van der Waals surface area contributed by atoms with Crippen molar-refractivity contribution in [2.45, 2.75) is 31.7 Å². The Kier molecular flexibility index (Phi) is 5.72. The van der Waals surface area contributed by atoms with Gasteiger partial charge in [-0.2, -0.15) is 0 Å². The zero-order valence-electron chi connectivity index (χ0n) is 17.8. The zero-order valence-corrected chi connectivity index (χ0v) is 19.4. The third kappa shape index (κ3) is 4.28. The van der Waals surface area contributed by atoms with Gasteiger partial charge in [-0.1, -0.05) is 47.0 Å². The fraction of sp³-hybridized carbons (Fsp3) is 0.192. The monoisotopic (exact) mass is 503 g/mol. The maximum atomic E-state index is 12.9. The molecule has 1 aliphatic rings. The number of imidazole rings is 1. The van der Waals surface area contributed by atoms with Crippen LogP contribution in [0, 0.1) is 0 Å². The number of fused-ring (bicyclic) bond motifs is 1. The Morgan fingerprint density at radius 3 is 2.52 bits per heavy atom. The second kappa shape index (κ2) is 8.83. The molecule has 2 N–H and O–H groups in total. The van der Waals surface area contributed by atoms with Crippen molar-refractivity contribution in [3.63, 3.8) is 0 Å². The molecule has 1 fully saturated rings. The Morgan fingerprint density at radius 1 is 0.970 bits per heavy atom. The van der Waals surface area contributed by atoms with Crippen molar-refractivity contribution in [2.75, 3.05) is 5.32 Å². The second-order valence-corrected chi connectivity index (χ2v) is 9.21. The predicted molar refractivity (Wildman–Crippen MR) is 132 cm³/mol. The maximum absolute atomic E-state index is 12.9. The van der Waals surface area contributed by atoms with E-state index in [4.69, 9.17) is 4.98 Å². The van der Waals surface area contributed by atoms with Gasteiger partial charge in [0, 0.05) is 27.3 Å². The summed E-state index contributed by atoms with van der Waals surface area (Å²) in [5.41, 5.74) is 3.86. The SMILES string of the molecule is O=C(O)c1ccc2c(c1)nc(-c1cccc(C(=O)Nc3cccc(Br)c3)c1)n2C1CCCC1. The zero-order chi connectivity index (χ0) is 22.9. The number of halogens is 1. The Labute approximate surface area is 199 Å². The van der Waals surface area contributed by atoms with E-state index in [1.165, 1.54) is 0 Å². The van der Waals surface area contributed by atoms with Crippen LogP contribution in [0.4, 0.5) is 5.69 Å². The maximum Gasteiger partial charge on any atom is 0.335 e. The Balaban J connectivity index is 1.56. The van der Waals surface area contributed by atoms with E-state index in [0.717, 1.165) is 47.1 Å². The van der Waals surface area contributed by atoms with Crippen LogP contribution in [0.5, 0.6) is 0 Å². The van der Waals surface area contributed by atoms with Crippen molar-refractivity contribution in [3.05, 3.63) is 82.3 Å². The molecule has 1 amide bonds. The first-order valence-electron chi connectivity index (χ1n) is 10.9. The first-order chi connectivity index (χ1) is 16.0. The molecule has 7 heteroatoms. The van der Waals surface area contributed by atoms with E-state index in [0.29, 0.717) is 22.8 Å². The van der Waals surface area contributed by atoms with E-state index in [2.05, 4.69) is 25.8 Å². The molecule has 1 saturated carbocycles. The highest BCUT2D eigenvalue weighted by molar-refractivity contribution is 9.10. The molecule has 33 heavy (non-hydrogen) atoms. The molecule has 0 aliphatic heterocycles. The number of aromatic carboxylic acids is 1. The third-order valence-electron chi connectivity index (χ3n) is 6.09. The fourth-order valence-electron chi connectivity index (χ4n) is 4.54. The van der Waals surface area contributed by atoms with E-state index in [1.807, 2.05) is 48.5 Å². The summed E-state index contributed by atoms with van der Waals surface area (Å²) in [7, 11) is 0. The average Bonchev–Trinajstić information content (AvgIpc) is 3.46. The molecule has 0 saturated heterocycles. The van der Waals surface area contributed by atoms with Crippen LogP contribution in [0.1, 0.15) is 52.4 Å². The number of carbonyl (C=O) groups excluding carboxylic acids is 1. The molecule has 1 heterocycles. The van der Waals surface area contributed by atoms with Crippen molar-refractivity contribution in [3.8, 4) is 11.4 Å². The number of carboxylic acid groups (broad SMARTS) is 1. The van der Waals surface area contributed by atoms with Gasteiger partial charge < -0.3 is 15.0 Å². The quantitative estimate of drug-likeness (QED) is 0.324. The summed E-state index contributed by atoms with van der Waals surface area (Å²) in [6, 6.07) is 20.3. The van der Waals surface area contributed by atoms with Gasteiger partial charge in [0.2, 0.25) is 0 Å². The molecule has 0 radical (unpaired) electrons. The molecule has 0 spiro atoms. The first-order valence-corrected chi connectivity index (χ1v) is 11.7. The highest BCUT2D eigenvalue weighted by atomic mass is 79.9. The second-order valence-electron chi connectivity index (χ2n) is 8.30. The fourth-order valence-corrected chi connectivity index (χ4v) is 4.94. The molecule has 3 aromatic carbocycles. The highest BCUT2D eigenvalue weighted by Gasteiger charge is 2.24. The summed E-state index contributed by atoms with van der Waals surface area (Å²) in [5.74, 6) is -0.414. The first kappa shape index (κ1) is 21.4. The molecular weight excluding hydrogens is 482 g/mol. The van der Waals surface area contributed by atoms with Gasteiger partial charge in [0.1, 0.15) is 5.82 Å². The highest BCUT2D eigenvalue weighted by Crippen LogP contribution is 2.37. The van der Waals surface area contributed by atoms with Crippen LogP contribution in [-0.2, 0) is 0 Å². The number of hydrogen-bond donors (Lipinski definition) is 2. The number of rotatable bonds is 5. The number of anilines is 1. The van der Waals surface area contributed by atoms with Crippen molar-refractivity contribution in [1.29, 1.82) is 0 Å². The number of carboxylic acids is 1. The van der Waals surface area contributed by atoms with E-state index in [-0.39, 0.29) is 11.5 Å². The smallest absolute Gasteiger partial charge is 0.335 e. The van der Waals surface area contributed by atoms with Gasteiger partial charge >= 0.3 is 5.97 Å². The number of aromatic nitrogens is 2. The molecule has 0 atom stereocenters. The Morgan fingerprint density at radius 2 is 1.76 bits per heavy atom. The van der Waals surface area contributed by atoms with Crippen LogP contribution in [0.2, 0.25) is 0 Å². The van der Waals surface area contributed by atoms with Gasteiger partial charge in [-0.25, -0.2) is 9.78 Å². The largest absolute Gasteiger partial charge is 0.478 e. The summed E-state index contributed by atoms with van der Waals surface area (Å²) in [4.78, 5) is 29.2. The number of nitrogens with one attached hydrogen (secondary N) is 1. The lowest BCUT2D eigenvalue weighted by Gasteiger charge is -2.17. The number of hydrogen-bond acceptors (Lipinski definition) is 3. The van der Waals surface area contributed by atoms with E-state index >= 15 is 0 Å². The van der Waals surface area contributed by atoms with Crippen LogP contribution in [0.25, 0.3) is 22.4 Å². The predicted octanol–water partition coefficient (Wildman–Crippen LogP) is 6.53. The van der Waals surface area contributed by atoms with Crippen LogP contribution in [0.15, 0.2) is 71.2 Å². The molecule has 5 rings (SSSR count). The van der Waals surface area contributed by atoms with Crippen LogP contribution in [0.3, 0.4) is 0 Å². The summed E-state index contributed by atoms with van der Waals surface area (Å²) >= 11 is 3.42. The van der Waals surface area contributed by atoms with Gasteiger partial charge in [0.25, 0.3) is 5.91 Å². The topological polar surface area (TPSA) is 84.2 Å². The lowest BCUT2D eigenvalue weighted by atomic mass is 10.1. The minimum Gasteiger partial charge on any atom is -0.478 e. The van der Waals surface area contributed by atoms with E-state index in [1.54, 1.807) is 18.2 Å². The van der Waals surface area contributed by atoms with Crippen molar-refractivity contribution >= 4 is 44.5 Å². The molecule has 6 nitrogen and oxygen atoms in total. The van der Waals surface area contributed by atoms with Crippen molar-refractivity contribution < 1.29 is 14.7 Å². The normalized spacial score (nSPS) is 14.0. The lowest BCUT2D eigenvalue weighted by Crippen LogP contribution is -2.12. The average molecular weight is 504 g/mol. The molecular formula is C26H22BrN3O3. The lowest BCUT2D eigenvalue weighted by molar-refractivity contribution is 0.0696. The standard InChI is InChI=1S/C26H22BrN3O3/c27-19-7-4-8-20(15-19)28-25(31)17-6-3-5-16(13-17)24-29-22-14-18(26(32)33)11-12-23(22)30(24)21-9-1-2-10-21/h3-8,11-15,21H,1-2,9-10H2,(H,28,31)(H,32,33). The van der Waals surface area contributed by atoms with Gasteiger partial charge in [-0.15, -0.1) is 0 Å². The number of carbonyl (C=O) groups is 2. The molecule has 0 unspecified atom stereocenters. The summed E-state index contributed by atoms with van der Waals surface area (Å²) < 4.78 is 3.11. The molecule has 1 aliphatic carbocycles. The van der Waals surface area contributed by atoms with Gasteiger partial charge in [-0.05, 0) is 61.4 Å². The molecule has 0 bridgehead atoms. The molecule has 4 aromatic rings. The van der Waals surface area contributed by atoms with E-state index < -0.39 is 5.97 Å². The van der Waals surface area contributed by atoms with Crippen LogP contribution in [-0.4, -0.2) is 26.5 Å². The van der Waals surface area contributed by atoms with E-state index in [9.17, 15) is 14.7 Å². The number of nitrogens with zero attached hydrogens (tertiary/aromatic N) is 2.